The minimum atomic E-state index is 0.546. The van der Waals surface area contributed by atoms with Crippen molar-refractivity contribution in [3.05, 3.63) is 40.5 Å². The van der Waals surface area contributed by atoms with Crippen molar-refractivity contribution in [1.29, 1.82) is 0 Å². The fourth-order valence-corrected chi connectivity index (χ4v) is 2.56. The van der Waals surface area contributed by atoms with E-state index >= 15 is 0 Å². The van der Waals surface area contributed by atoms with E-state index in [0.717, 1.165) is 22.9 Å². The molecule has 0 amide bonds. The summed E-state index contributed by atoms with van der Waals surface area (Å²) in [6.45, 7) is 2.96. The van der Waals surface area contributed by atoms with Gasteiger partial charge in [-0.05, 0) is 30.7 Å². The first kappa shape index (κ1) is 14.4. The Bertz CT molecular complexity index is 563. The molecule has 0 spiro atoms. The monoisotopic (exact) mass is 313 g/mol. The highest BCUT2D eigenvalue weighted by molar-refractivity contribution is 7.99. The highest BCUT2D eigenvalue weighted by Gasteiger charge is 2.04. The Morgan fingerprint density at radius 1 is 1.21 bits per heavy atom. The fourth-order valence-electron chi connectivity index (χ4n) is 1.38. The second kappa shape index (κ2) is 6.98. The molecule has 1 N–H and O–H groups in total. The smallest absolute Gasteiger partial charge is 0.223 e. The fraction of sp³-hybridized carbons (Fsp3) is 0.231. The van der Waals surface area contributed by atoms with E-state index in [4.69, 9.17) is 23.2 Å². The number of benzene rings is 1. The van der Waals surface area contributed by atoms with Crippen molar-refractivity contribution >= 4 is 40.9 Å². The van der Waals surface area contributed by atoms with Crippen molar-refractivity contribution in [2.24, 2.45) is 0 Å². The van der Waals surface area contributed by atoms with E-state index in [0.29, 0.717) is 16.0 Å². The zero-order valence-electron chi connectivity index (χ0n) is 10.4. The van der Waals surface area contributed by atoms with Crippen molar-refractivity contribution in [2.75, 3.05) is 11.9 Å². The number of rotatable bonds is 5. The summed E-state index contributed by atoms with van der Waals surface area (Å²) < 4.78 is 0. The third-order valence-electron chi connectivity index (χ3n) is 2.28. The maximum atomic E-state index is 5.99. The minimum Gasteiger partial charge on any atom is -0.354 e. The van der Waals surface area contributed by atoms with Crippen molar-refractivity contribution in [3.63, 3.8) is 0 Å². The second-order valence-electron chi connectivity index (χ2n) is 3.82. The highest BCUT2D eigenvalue weighted by Crippen LogP contribution is 2.31. The third kappa shape index (κ3) is 4.27. The summed E-state index contributed by atoms with van der Waals surface area (Å²) in [5.74, 6) is 0.645. The molecule has 2 aromatic rings. The maximum Gasteiger partial charge on any atom is 0.223 e. The van der Waals surface area contributed by atoms with Crippen LogP contribution < -0.4 is 5.32 Å². The first-order valence-electron chi connectivity index (χ1n) is 5.89. The molecule has 0 radical (unpaired) electrons. The van der Waals surface area contributed by atoms with Crippen molar-refractivity contribution in [3.8, 4) is 0 Å². The topological polar surface area (TPSA) is 37.8 Å². The van der Waals surface area contributed by atoms with Crippen LogP contribution in [0.5, 0.6) is 0 Å². The van der Waals surface area contributed by atoms with Crippen molar-refractivity contribution in [1.82, 2.24) is 9.97 Å². The SMILES string of the molecule is CCCNc1nccc(Sc2ccc(Cl)c(Cl)c2)n1. The molecular weight excluding hydrogens is 301 g/mol. The first-order valence-corrected chi connectivity index (χ1v) is 7.46. The Morgan fingerprint density at radius 2 is 2.05 bits per heavy atom. The van der Waals surface area contributed by atoms with Crippen LogP contribution >= 0.6 is 35.0 Å². The van der Waals surface area contributed by atoms with Crippen LogP contribution in [0.2, 0.25) is 10.0 Å². The van der Waals surface area contributed by atoms with Gasteiger partial charge in [0.05, 0.1) is 10.0 Å². The molecule has 6 heteroatoms. The van der Waals surface area contributed by atoms with Gasteiger partial charge in [-0.3, -0.25) is 0 Å². The zero-order valence-corrected chi connectivity index (χ0v) is 12.7. The van der Waals surface area contributed by atoms with Gasteiger partial charge in [0.1, 0.15) is 5.03 Å². The third-order valence-corrected chi connectivity index (χ3v) is 3.94. The predicted octanol–water partition coefficient (Wildman–Crippen LogP) is 4.76. The summed E-state index contributed by atoms with van der Waals surface area (Å²) in [6.07, 6.45) is 2.78. The van der Waals surface area contributed by atoms with Gasteiger partial charge >= 0.3 is 0 Å². The molecule has 19 heavy (non-hydrogen) atoms. The average molecular weight is 314 g/mol. The van der Waals surface area contributed by atoms with E-state index < -0.39 is 0 Å². The highest BCUT2D eigenvalue weighted by atomic mass is 35.5. The van der Waals surface area contributed by atoms with Crippen LogP contribution in [-0.2, 0) is 0 Å². The number of anilines is 1. The number of nitrogens with zero attached hydrogens (tertiary/aromatic N) is 2. The van der Waals surface area contributed by atoms with Gasteiger partial charge in [0.2, 0.25) is 5.95 Å². The normalized spacial score (nSPS) is 10.5. The van der Waals surface area contributed by atoms with Crippen LogP contribution in [0.15, 0.2) is 40.4 Å². The molecular formula is C13H13Cl2N3S. The summed E-state index contributed by atoms with van der Waals surface area (Å²) in [5.41, 5.74) is 0. The molecule has 0 aliphatic rings. The Hall–Kier alpha value is -0.970. The van der Waals surface area contributed by atoms with Crippen LogP contribution in [0.4, 0.5) is 5.95 Å². The number of hydrogen-bond acceptors (Lipinski definition) is 4. The summed E-state index contributed by atoms with van der Waals surface area (Å²) in [6, 6.07) is 7.39. The first-order chi connectivity index (χ1) is 9.19. The molecule has 1 aromatic carbocycles. The summed E-state index contributed by atoms with van der Waals surface area (Å²) in [7, 11) is 0. The summed E-state index contributed by atoms with van der Waals surface area (Å²) in [4.78, 5) is 9.58. The largest absolute Gasteiger partial charge is 0.354 e. The zero-order chi connectivity index (χ0) is 13.7. The lowest BCUT2D eigenvalue weighted by Crippen LogP contribution is -2.04. The van der Waals surface area contributed by atoms with E-state index in [9.17, 15) is 0 Å². The number of hydrogen-bond donors (Lipinski definition) is 1. The van der Waals surface area contributed by atoms with Crippen LogP contribution in [0, 0.1) is 0 Å². The Kier molecular flexibility index (Phi) is 5.31. The van der Waals surface area contributed by atoms with E-state index in [1.54, 1.807) is 12.3 Å². The van der Waals surface area contributed by atoms with Crippen LogP contribution in [0.1, 0.15) is 13.3 Å². The summed E-state index contributed by atoms with van der Waals surface area (Å²) in [5, 5.41) is 5.13. The molecule has 0 aliphatic heterocycles. The quantitative estimate of drug-likeness (QED) is 0.808. The van der Waals surface area contributed by atoms with Crippen LogP contribution in [0.3, 0.4) is 0 Å². The van der Waals surface area contributed by atoms with Gasteiger partial charge in [0.25, 0.3) is 0 Å². The molecule has 0 fully saturated rings. The Balaban J connectivity index is 2.11. The number of halogens is 2. The molecule has 0 saturated carbocycles. The standard InChI is InChI=1S/C13H13Cl2N3S/c1-2-6-16-13-17-7-5-12(18-13)19-9-3-4-10(14)11(15)8-9/h3-5,7-8H,2,6H2,1H3,(H,16,17,18). The molecule has 100 valence electrons. The van der Waals surface area contributed by atoms with Gasteiger partial charge in [0, 0.05) is 17.6 Å². The number of aromatic nitrogens is 2. The summed E-state index contributed by atoms with van der Waals surface area (Å²) >= 11 is 13.4. The van der Waals surface area contributed by atoms with Crippen molar-refractivity contribution < 1.29 is 0 Å². The molecule has 0 aliphatic carbocycles. The molecule has 0 atom stereocenters. The van der Waals surface area contributed by atoms with Crippen LogP contribution in [0.25, 0.3) is 0 Å². The van der Waals surface area contributed by atoms with Gasteiger partial charge in [-0.2, -0.15) is 0 Å². The maximum absolute atomic E-state index is 5.99. The Morgan fingerprint density at radius 3 is 2.79 bits per heavy atom. The average Bonchev–Trinajstić information content (AvgIpc) is 2.41. The van der Waals surface area contributed by atoms with Gasteiger partial charge in [-0.15, -0.1) is 0 Å². The molecule has 3 nitrogen and oxygen atoms in total. The lowest BCUT2D eigenvalue weighted by atomic mass is 10.4. The van der Waals surface area contributed by atoms with Gasteiger partial charge in [-0.1, -0.05) is 41.9 Å². The van der Waals surface area contributed by atoms with Crippen LogP contribution in [-0.4, -0.2) is 16.5 Å². The molecule has 0 bridgehead atoms. The van der Waals surface area contributed by atoms with Gasteiger partial charge < -0.3 is 5.32 Å². The molecule has 2 rings (SSSR count). The molecule has 1 aromatic heterocycles. The van der Waals surface area contributed by atoms with E-state index in [1.165, 1.54) is 11.8 Å². The molecule has 0 saturated heterocycles. The van der Waals surface area contributed by atoms with E-state index in [-0.39, 0.29) is 0 Å². The number of nitrogens with one attached hydrogen (secondary N) is 1. The van der Waals surface area contributed by atoms with Gasteiger partial charge in [0.15, 0.2) is 0 Å². The van der Waals surface area contributed by atoms with E-state index in [2.05, 4.69) is 22.2 Å². The predicted molar refractivity (Wildman–Crippen MR) is 81.4 cm³/mol. The van der Waals surface area contributed by atoms with E-state index in [1.807, 2.05) is 18.2 Å². The molecule has 0 unspecified atom stereocenters. The van der Waals surface area contributed by atoms with Gasteiger partial charge in [-0.25, -0.2) is 9.97 Å². The minimum absolute atomic E-state index is 0.546. The Labute approximate surface area is 126 Å². The van der Waals surface area contributed by atoms with Crippen molar-refractivity contribution in [2.45, 2.75) is 23.3 Å². The lowest BCUT2D eigenvalue weighted by molar-refractivity contribution is 0.935. The molecule has 1 heterocycles. The lowest BCUT2D eigenvalue weighted by Gasteiger charge is -2.05. The second-order valence-corrected chi connectivity index (χ2v) is 5.73.